The Morgan fingerprint density at radius 1 is 1.42 bits per heavy atom. The maximum absolute atomic E-state index is 5.56. The van der Waals surface area contributed by atoms with Gasteiger partial charge >= 0.3 is 0 Å². The third-order valence-electron chi connectivity index (χ3n) is 3.11. The van der Waals surface area contributed by atoms with E-state index in [9.17, 15) is 0 Å². The van der Waals surface area contributed by atoms with Crippen LogP contribution in [0.1, 0.15) is 23.1 Å². The highest BCUT2D eigenvalue weighted by atomic mass is 16.6. The highest BCUT2D eigenvalue weighted by Crippen LogP contribution is 2.50. The number of ether oxygens (including phenoxy) is 1. The molecule has 0 saturated carbocycles. The van der Waals surface area contributed by atoms with Crippen LogP contribution in [0.3, 0.4) is 0 Å². The van der Waals surface area contributed by atoms with Gasteiger partial charge in [-0.25, -0.2) is 0 Å². The van der Waals surface area contributed by atoms with Gasteiger partial charge in [-0.05, 0) is 36.5 Å². The molecular formula is C11H12O. The van der Waals surface area contributed by atoms with Gasteiger partial charge in [0.25, 0.3) is 0 Å². The molecule has 3 rings (SSSR count). The van der Waals surface area contributed by atoms with E-state index >= 15 is 0 Å². The summed E-state index contributed by atoms with van der Waals surface area (Å²) in [5.74, 6) is 0. The Balaban J connectivity index is 2.26. The summed E-state index contributed by atoms with van der Waals surface area (Å²) in [7, 11) is 0. The van der Waals surface area contributed by atoms with Crippen LogP contribution in [0.25, 0.3) is 0 Å². The van der Waals surface area contributed by atoms with Crippen molar-refractivity contribution in [3.8, 4) is 0 Å². The lowest BCUT2D eigenvalue weighted by molar-refractivity contribution is 0.307. The molecule has 1 atom stereocenters. The highest BCUT2D eigenvalue weighted by molar-refractivity contribution is 5.45. The first kappa shape index (κ1) is 6.67. The van der Waals surface area contributed by atoms with Gasteiger partial charge in [-0.1, -0.05) is 18.2 Å². The quantitative estimate of drug-likeness (QED) is 0.530. The van der Waals surface area contributed by atoms with Gasteiger partial charge in [0, 0.05) is 0 Å². The molecule has 0 radical (unpaired) electrons. The second-order valence-corrected chi connectivity index (χ2v) is 3.89. The molecule has 0 bridgehead atoms. The predicted molar refractivity (Wildman–Crippen MR) is 47.1 cm³/mol. The molecule has 1 heterocycles. The van der Waals surface area contributed by atoms with Gasteiger partial charge in [0.1, 0.15) is 5.60 Å². The SMILES string of the molecule is Cc1cccc2c1C1(CC2)CO1. The summed E-state index contributed by atoms with van der Waals surface area (Å²) in [5.41, 5.74) is 4.57. The van der Waals surface area contributed by atoms with E-state index in [-0.39, 0.29) is 5.60 Å². The van der Waals surface area contributed by atoms with E-state index in [1.165, 1.54) is 29.5 Å². The fraction of sp³-hybridized carbons (Fsp3) is 0.455. The number of benzene rings is 1. The van der Waals surface area contributed by atoms with E-state index in [0.717, 1.165) is 6.61 Å². The first-order valence-corrected chi connectivity index (χ1v) is 4.55. The average molecular weight is 160 g/mol. The molecule has 0 aromatic heterocycles. The van der Waals surface area contributed by atoms with Crippen LogP contribution in [0, 0.1) is 6.92 Å². The van der Waals surface area contributed by atoms with Crippen LogP contribution in [-0.4, -0.2) is 6.61 Å². The molecule has 62 valence electrons. The molecule has 1 nitrogen and oxygen atoms in total. The zero-order valence-corrected chi connectivity index (χ0v) is 7.26. The van der Waals surface area contributed by atoms with Gasteiger partial charge in [-0.15, -0.1) is 0 Å². The van der Waals surface area contributed by atoms with E-state index in [1.807, 2.05) is 0 Å². The molecule has 1 unspecified atom stereocenters. The van der Waals surface area contributed by atoms with Crippen molar-refractivity contribution in [2.45, 2.75) is 25.4 Å². The van der Waals surface area contributed by atoms with Crippen LogP contribution in [0.5, 0.6) is 0 Å². The van der Waals surface area contributed by atoms with E-state index in [4.69, 9.17) is 4.74 Å². The second-order valence-electron chi connectivity index (χ2n) is 3.89. The predicted octanol–water partition coefficient (Wildman–Crippen LogP) is 2.17. The van der Waals surface area contributed by atoms with E-state index in [0.29, 0.717) is 0 Å². The number of fused-ring (bicyclic) bond motifs is 2. The van der Waals surface area contributed by atoms with Crippen molar-refractivity contribution in [3.05, 3.63) is 34.9 Å². The third-order valence-corrected chi connectivity index (χ3v) is 3.11. The molecule has 1 aromatic carbocycles. The minimum absolute atomic E-state index is 0.167. The number of aryl methyl sites for hydroxylation is 2. The lowest BCUT2D eigenvalue weighted by Gasteiger charge is -2.07. The fourth-order valence-corrected chi connectivity index (χ4v) is 2.43. The molecule has 1 spiro atoms. The summed E-state index contributed by atoms with van der Waals surface area (Å²) in [6.07, 6.45) is 2.41. The maximum Gasteiger partial charge on any atom is 0.117 e. The van der Waals surface area contributed by atoms with Crippen molar-refractivity contribution in [2.75, 3.05) is 6.61 Å². The minimum Gasteiger partial charge on any atom is -0.364 e. The van der Waals surface area contributed by atoms with Crippen LogP contribution < -0.4 is 0 Å². The van der Waals surface area contributed by atoms with Gasteiger partial charge in [-0.3, -0.25) is 0 Å². The van der Waals surface area contributed by atoms with Crippen molar-refractivity contribution in [1.29, 1.82) is 0 Å². The second kappa shape index (κ2) is 1.91. The first-order valence-electron chi connectivity index (χ1n) is 4.55. The Morgan fingerprint density at radius 2 is 2.25 bits per heavy atom. The average Bonchev–Trinajstić information content (AvgIpc) is 2.71. The number of epoxide rings is 1. The molecule has 0 N–H and O–H groups in total. The third kappa shape index (κ3) is 0.674. The Bertz CT molecular complexity index is 337. The van der Waals surface area contributed by atoms with Crippen molar-refractivity contribution >= 4 is 0 Å². The standard InChI is InChI=1S/C11H12O/c1-8-3-2-4-9-5-6-11(7-12-11)10(8)9/h2-4H,5-7H2,1H3. The highest BCUT2D eigenvalue weighted by Gasteiger charge is 2.51. The largest absolute Gasteiger partial charge is 0.364 e. The first-order chi connectivity index (χ1) is 5.82. The molecular weight excluding hydrogens is 148 g/mol. The zero-order chi connectivity index (χ0) is 8.18. The zero-order valence-electron chi connectivity index (χ0n) is 7.26. The van der Waals surface area contributed by atoms with Crippen molar-refractivity contribution in [1.82, 2.24) is 0 Å². The Kier molecular flexibility index (Phi) is 1.06. The van der Waals surface area contributed by atoms with Crippen LogP contribution in [0.4, 0.5) is 0 Å². The van der Waals surface area contributed by atoms with E-state index in [1.54, 1.807) is 0 Å². The topological polar surface area (TPSA) is 12.5 Å². The number of rotatable bonds is 0. The summed E-state index contributed by atoms with van der Waals surface area (Å²) in [6.45, 7) is 3.14. The lowest BCUT2D eigenvalue weighted by atomic mass is 9.97. The van der Waals surface area contributed by atoms with E-state index < -0.39 is 0 Å². The normalized spacial score (nSPS) is 30.8. The van der Waals surface area contributed by atoms with Crippen LogP contribution in [0.15, 0.2) is 18.2 Å². The Labute approximate surface area is 72.4 Å². The molecule has 1 aliphatic carbocycles. The molecule has 12 heavy (non-hydrogen) atoms. The Hall–Kier alpha value is -0.820. The summed E-state index contributed by atoms with van der Waals surface area (Å²) < 4.78 is 5.56. The summed E-state index contributed by atoms with van der Waals surface area (Å²) in [4.78, 5) is 0. The Morgan fingerprint density at radius 3 is 3.00 bits per heavy atom. The molecule has 1 fully saturated rings. The van der Waals surface area contributed by atoms with Gasteiger partial charge in [0.2, 0.25) is 0 Å². The van der Waals surface area contributed by atoms with E-state index in [2.05, 4.69) is 25.1 Å². The van der Waals surface area contributed by atoms with Crippen molar-refractivity contribution in [2.24, 2.45) is 0 Å². The van der Waals surface area contributed by atoms with Gasteiger partial charge in [0.15, 0.2) is 0 Å². The monoisotopic (exact) mass is 160 g/mol. The number of hydrogen-bond donors (Lipinski definition) is 0. The van der Waals surface area contributed by atoms with Crippen molar-refractivity contribution in [3.63, 3.8) is 0 Å². The van der Waals surface area contributed by atoms with Gasteiger partial charge in [-0.2, -0.15) is 0 Å². The van der Waals surface area contributed by atoms with Gasteiger partial charge < -0.3 is 4.74 Å². The van der Waals surface area contributed by atoms with Gasteiger partial charge in [0.05, 0.1) is 6.61 Å². The van der Waals surface area contributed by atoms with Crippen LogP contribution >= 0.6 is 0 Å². The van der Waals surface area contributed by atoms with Crippen LogP contribution in [-0.2, 0) is 16.8 Å². The molecule has 1 aromatic rings. The summed E-state index contributed by atoms with van der Waals surface area (Å²) in [6, 6.07) is 6.57. The molecule has 1 heteroatoms. The molecule has 2 aliphatic rings. The molecule has 1 saturated heterocycles. The summed E-state index contributed by atoms with van der Waals surface area (Å²) in [5, 5.41) is 0. The van der Waals surface area contributed by atoms with Crippen molar-refractivity contribution < 1.29 is 4.74 Å². The summed E-state index contributed by atoms with van der Waals surface area (Å²) >= 11 is 0. The smallest absolute Gasteiger partial charge is 0.117 e. The maximum atomic E-state index is 5.56. The molecule has 0 amide bonds. The molecule has 1 aliphatic heterocycles. The number of hydrogen-bond acceptors (Lipinski definition) is 1. The van der Waals surface area contributed by atoms with Crippen LogP contribution in [0.2, 0.25) is 0 Å². The fourth-order valence-electron chi connectivity index (χ4n) is 2.43. The lowest BCUT2D eigenvalue weighted by Crippen LogP contribution is -2.04. The minimum atomic E-state index is 0.167.